The number of ether oxygens (including phenoxy) is 2. The van der Waals surface area contributed by atoms with Crippen molar-refractivity contribution in [1.29, 1.82) is 0 Å². The van der Waals surface area contributed by atoms with Gasteiger partial charge in [0.1, 0.15) is 11.0 Å². The number of nitrogens with zero attached hydrogens (tertiary/aromatic N) is 2. The number of hydrogen-bond donors (Lipinski definition) is 1. The second kappa shape index (κ2) is 10.9. The minimum absolute atomic E-state index is 0.277. The zero-order valence-electron chi connectivity index (χ0n) is 15.6. The number of carbonyl (C=O) groups is 2. The van der Waals surface area contributed by atoms with Crippen molar-refractivity contribution >= 4 is 40.1 Å². The quantitative estimate of drug-likeness (QED) is 0.274. The molecule has 0 fully saturated rings. The van der Waals surface area contributed by atoms with Crippen LogP contribution in [0.2, 0.25) is 0 Å². The first-order valence-electron chi connectivity index (χ1n) is 8.74. The molecular formula is C18H23N3O4S2. The van der Waals surface area contributed by atoms with Gasteiger partial charge >= 0.3 is 5.97 Å². The van der Waals surface area contributed by atoms with Gasteiger partial charge in [-0.25, -0.2) is 0 Å². The van der Waals surface area contributed by atoms with Gasteiger partial charge in [0.25, 0.3) is 5.91 Å². The molecule has 0 unspecified atom stereocenters. The summed E-state index contributed by atoms with van der Waals surface area (Å²) in [4.78, 5) is 24.0. The van der Waals surface area contributed by atoms with Crippen molar-refractivity contribution in [1.82, 2.24) is 10.2 Å². The molecule has 27 heavy (non-hydrogen) atoms. The fraction of sp³-hybridized carbons (Fsp3) is 0.444. The molecule has 1 heterocycles. The molecule has 0 saturated heterocycles. The van der Waals surface area contributed by atoms with E-state index in [9.17, 15) is 9.59 Å². The molecule has 2 rings (SSSR count). The Morgan fingerprint density at radius 1 is 1.22 bits per heavy atom. The lowest BCUT2D eigenvalue weighted by molar-refractivity contribution is -0.142. The standard InChI is InChI=1S/C18H23N3O4S2/c1-4-6-11-25-14-9-7-13(8-10-14)15(22)19-17-20-21-18(27-17)26-12(3)16(23)24-5-2/h7-10,12H,4-6,11H2,1-3H3,(H,19,20,22)/t12-/m1/s1. The van der Waals surface area contributed by atoms with Crippen molar-refractivity contribution in [2.24, 2.45) is 0 Å². The van der Waals surface area contributed by atoms with E-state index in [1.165, 1.54) is 23.1 Å². The molecule has 2 aromatic rings. The molecule has 1 amide bonds. The Hall–Kier alpha value is -2.13. The Bertz CT molecular complexity index is 749. The Labute approximate surface area is 166 Å². The molecule has 0 spiro atoms. The van der Waals surface area contributed by atoms with E-state index in [0.717, 1.165) is 18.6 Å². The average molecular weight is 410 g/mol. The van der Waals surface area contributed by atoms with Crippen molar-refractivity contribution in [2.45, 2.75) is 43.2 Å². The van der Waals surface area contributed by atoms with Crippen LogP contribution in [0.3, 0.4) is 0 Å². The average Bonchev–Trinajstić information content (AvgIpc) is 3.09. The molecule has 0 aliphatic heterocycles. The minimum atomic E-state index is -0.387. The van der Waals surface area contributed by atoms with Crippen LogP contribution in [-0.4, -0.2) is 40.5 Å². The molecular weight excluding hydrogens is 386 g/mol. The molecule has 1 atom stereocenters. The Balaban J connectivity index is 1.89. The highest BCUT2D eigenvalue weighted by Crippen LogP contribution is 2.29. The van der Waals surface area contributed by atoms with Gasteiger partial charge in [-0.05, 0) is 44.5 Å². The lowest BCUT2D eigenvalue weighted by Crippen LogP contribution is -2.16. The van der Waals surface area contributed by atoms with Gasteiger partial charge in [0.2, 0.25) is 5.13 Å². The lowest BCUT2D eigenvalue weighted by Gasteiger charge is -2.07. The van der Waals surface area contributed by atoms with Gasteiger partial charge in [0, 0.05) is 5.56 Å². The van der Waals surface area contributed by atoms with Gasteiger partial charge in [-0.15, -0.1) is 10.2 Å². The van der Waals surface area contributed by atoms with E-state index in [0.29, 0.717) is 28.2 Å². The highest BCUT2D eigenvalue weighted by Gasteiger charge is 2.18. The first kappa shape index (κ1) is 21.2. The molecule has 9 heteroatoms. The monoisotopic (exact) mass is 409 g/mol. The number of rotatable bonds is 10. The molecule has 1 N–H and O–H groups in total. The van der Waals surface area contributed by atoms with Crippen LogP contribution in [0, 0.1) is 0 Å². The van der Waals surface area contributed by atoms with Crippen LogP contribution in [0.5, 0.6) is 5.75 Å². The molecule has 1 aromatic carbocycles. The molecule has 0 aliphatic rings. The lowest BCUT2D eigenvalue weighted by atomic mass is 10.2. The van der Waals surface area contributed by atoms with E-state index in [1.54, 1.807) is 38.1 Å². The topological polar surface area (TPSA) is 90.4 Å². The van der Waals surface area contributed by atoms with Crippen LogP contribution in [-0.2, 0) is 9.53 Å². The molecule has 0 aliphatic carbocycles. The molecule has 7 nitrogen and oxygen atoms in total. The third kappa shape index (κ3) is 6.84. The molecule has 146 valence electrons. The highest BCUT2D eigenvalue weighted by molar-refractivity contribution is 8.02. The van der Waals surface area contributed by atoms with E-state index in [1.807, 2.05) is 0 Å². The number of carbonyl (C=O) groups excluding carboxylic acids is 2. The van der Waals surface area contributed by atoms with Gasteiger partial charge in [-0.2, -0.15) is 0 Å². The van der Waals surface area contributed by atoms with Crippen LogP contribution in [0.1, 0.15) is 44.0 Å². The SMILES string of the molecule is CCCCOc1ccc(C(=O)Nc2nnc(S[C@H](C)C(=O)OCC)s2)cc1. The number of nitrogens with one attached hydrogen (secondary N) is 1. The highest BCUT2D eigenvalue weighted by atomic mass is 32.2. The van der Waals surface area contributed by atoms with E-state index >= 15 is 0 Å². The summed E-state index contributed by atoms with van der Waals surface area (Å²) < 4.78 is 11.1. The summed E-state index contributed by atoms with van der Waals surface area (Å²) in [6, 6.07) is 6.95. The first-order chi connectivity index (χ1) is 13.0. The van der Waals surface area contributed by atoms with Gasteiger partial charge in [0.15, 0.2) is 4.34 Å². The number of aromatic nitrogens is 2. The molecule has 1 aromatic heterocycles. The summed E-state index contributed by atoms with van der Waals surface area (Å²) in [6.45, 7) is 6.61. The number of benzene rings is 1. The summed E-state index contributed by atoms with van der Waals surface area (Å²) in [6.07, 6.45) is 2.07. The fourth-order valence-electron chi connectivity index (χ4n) is 1.97. The number of unbranched alkanes of at least 4 members (excludes halogenated alkanes) is 1. The van der Waals surface area contributed by atoms with Crippen LogP contribution < -0.4 is 10.1 Å². The summed E-state index contributed by atoms with van der Waals surface area (Å²) in [7, 11) is 0. The van der Waals surface area contributed by atoms with Crippen molar-refractivity contribution < 1.29 is 19.1 Å². The van der Waals surface area contributed by atoms with Gasteiger partial charge in [0.05, 0.1) is 13.2 Å². The molecule has 0 bridgehead atoms. The summed E-state index contributed by atoms with van der Waals surface area (Å²) in [5, 5.41) is 10.6. The number of anilines is 1. The summed E-state index contributed by atoms with van der Waals surface area (Å²) in [5.74, 6) is 0.160. The summed E-state index contributed by atoms with van der Waals surface area (Å²) in [5.41, 5.74) is 0.502. The number of hydrogen-bond acceptors (Lipinski definition) is 8. The predicted octanol–water partition coefficient (Wildman–Crippen LogP) is 4.01. The van der Waals surface area contributed by atoms with Gasteiger partial charge in [-0.3, -0.25) is 14.9 Å². The Morgan fingerprint density at radius 2 is 1.96 bits per heavy atom. The van der Waals surface area contributed by atoms with Crippen molar-refractivity contribution in [3.63, 3.8) is 0 Å². The normalized spacial score (nSPS) is 11.7. The Kier molecular flexibility index (Phi) is 8.53. The van der Waals surface area contributed by atoms with E-state index in [4.69, 9.17) is 9.47 Å². The zero-order chi connectivity index (χ0) is 19.6. The first-order valence-corrected chi connectivity index (χ1v) is 10.4. The van der Waals surface area contributed by atoms with Crippen LogP contribution in [0.15, 0.2) is 28.6 Å². The van der Waals surface area contributed by atoms with E-state index in [-0.39, 0.29) is 17.1 Å². The van der Waals surface area contributed by atoms with Crippen LogP contribution >= 0.6 is 23.1 Å². The second-order valence-corrected chi connectivity index (χ2v) is 8.13. The molecule has 0 saturated carbocycles. The number of amides is 1. The van der Waals surface area contributed by atoms with E-state index < -0.39 is 0 Å². The van der Waals surface area contributed by atoms with Crippen molar-refractivity contribution in [2.75, 3.05) is 18.5 Å². The maximum absolute atomic E-state index is 12.3. The maximum Gasteiger partial charge on any atom is 0.319 e. The minimum Gasteiger partial charge on any atom is -0.494 e. The summed E-state index contributed by atoms with van der Waals surface area (Å²) >= 11 is 2.46. The van der Waals surface area contributed by atoms with Gasteiger partial charge < -0.3 is 9.47 Å². The van der Waals surface area contributed by atoms with Crippen LogP contribution in [0.25, 0.3) is 0 Å². The van der Waals surface area contributed by atoms with E-state index in [2.05, 4.69) is 22.4 Å². The van der Waals surface area contributed by atoms with Crippen molar-refractivity contribution in [3.8, 4) is 5.75 Å². The zero-order valence-corrected chi connectivity index (χ0v) is 17.2. The van der Waals surface area contributed by atoms with Crippen LogP contribution in [0.4, 0.5) is 5.13 Å². The third-order valence-electron chi connectivity index (χ3n) is 3.41. The maximum atomic E-state index is 12.3. The third-order valence-corrected chi connectivity index (χ3v) is 5.41. The predicted molar refractivity (Wildman–Crippen MR) is 107 cm³/mol. The fourth-order valence-corrected chi connectivity index (χ4v) is 3.86. The molecule has 0 radical (unpaired) electrons. The second-order valence-electron chi connectivity index (χ2n) is 5.57. The van der Waals surface area contributed by atoms with Crippen molar-refractivity contribution in [3.05, 3.63) is 29.8 Å². The number of esters is 1. The number of thioether (sulfide) groups is 1. The smallest absolute Gasteiger partial charge is 0.319 e. The van der Waals surface area contributed by atoms with Gasteiger partial charge in [-0.1, -0.05) is 36.4 Å². The Morgan fingerprint density at radius 3 is 2.63 bits per heavy atom. The largest absolute Gasteiger partial charge is 0.494 e.